The Hall–Kier alpha value is -3.54. The van der Waals surface area contributed by atoms with E-state index in [1.165, 1.54) is 56.6 Å². The van der Waals surface area contributed by atoms with Gasteiger partial charge in [0.1, 0.15) is 6.54 Å². The highest BCUT2D eigenvalue weighted by atomic mass is 32.3. The number of benzene rings is 1. The molecule has 0 saturated heterocycles. The lowest BCUT2D eigenvalue weighted by molar-refractivity contribution is -0.697. The number of pyridine rings is 1. The molecule has 2 rings (SSSR count). The summed E-state index contributed by atoms with van der Waals surface area (Å²) in [5.41, 5.74) is -9.88. The van der Waals surface area contributed by atoms with Gasteiger partial charge in [-0.15, -0.1) is 0 Å². The number of aliphatic imine (C=N–C) groups is 1. The van der Waals surface area contributed by atoms with E-state index in [1.807, 2.05) is 0 Å². The molecule has 1 heterocycles. The number of aryl methyl sites for hydroxylation is 2. The van der Waals surface area contributed by atoms with Crippen LogP contribution in [0.4, 0.5) is 42.5 Å². The van der Waals surface area contributed by atoms with E-state index < -0.39 is 37.2 Å². The number of carbonyl (C=O) groups is 1. The molecule has 1 aromatic carbocycles. The quantitative estimate of drug-likeness (QED) is 0.0541. The number of ether oxygens (including phenoxy) is 1. The fourth-order valence-corrected chi connectivity index (χ4v) is 5.58. The Balaban J connectivity index is 0.000000646. The first-order chi connectivity index (χ1) is 22.4. The standard InChI is InChI=1S/C27H37N3O3.C2F6NO4S2/c1-2-3-4-5-6-9-12-24-17-20-30(21-18-24)19-10-7-8-11-22-33-27(32)29-26-15-13-25(14-16-26)28-23-31;3-1(4,5)14(10,11)9-15(12,13)2(6,7)8/h13-18,20-21H,2-12,19,22H2,1H3;/q;-1/p+1. The number of halogens is 6. The van der Waals surface area contributed by atoms with Crippen LogP contribution in [-0.2, 0) is 42.5 Å². The molecular formula is C29H38F6N4O7S2. The van der Waals surface area contributed by atoms with Crippen LogP contribution < -0.4 is 9.88 Å². The number of sulfonamides is 2. The van der Waals surface area contributed by atoms with Crippen LogP contribution in [0, 0.1) is 0 Å². The lowest BCUT2D eigenvalue weighted by atomic mass is 10.1. The van der Waals surface area contributed by atoms with Gasteiger partial charge in [-0.2, -0.15) is 31.3 Å². The van der Waals surface area contributed by atoms with Gasteiger partial charge in [-0.3, -0.25) is 5.32 Å². The second-order valence-corrected chi connectivity index (χ2v) is 13.7. The van der Waals surface area contributed by atoms with E-state index in [4.69, 9.17) is 4.74 Å². The maximum atomic E-state index is 11.8. The number of rotatable bonds is 18. The van der Waals surface area contributed by atoms with Crippen LogP contribution >= 0.6 is 0 Å². The first kappa shape index (κ1) is 42.5. The number of nitrogens with one attached hydrogen (secondary N) is 1. The third-order valence-corrected chi connectivity index (χ3v) is 9.13. The van der Waals surface area contributed by atoms with Crippen LogP contribution in [0.3, 0.4) is 0 Å². The van der Waals surface area contributed by atoms with Gasteiger partial charge in [-0.1, -0.05) is 39.0 Å². The molecule has 0 atom stereocenters. The maximum Gasteiger partial charge on any atom is 0.480 e. The van der Waals surface area contributed by atoms with E-state index in [0.29, 0.717) is 18.0 Å². The fourth-order valence-electron chi connectivity index (χ4n) is 3.87. The van der Waals surface area contributed by atoms with Crippen LogP contribution in [0.15, 0.2) is 53.8 Å². The predicted molar refractivity (Wildman–Crippen MR) is 165 cm³/mol. The highest BCUT2D eigenvalue weighted by Gasteiger charge is 2.46. The summed E-state index contributed by atoms with van der Waals surface area (Å²) in [6.45, 7) is 3.68. The Morgan fingerprint density at radius 1 is 0.812 bits per heavy atom. The summed E-state index contributed by atoms with van der Waals surface area (Å²) in [6, 6.07) is 11.1. The van der Waals surface area contributed by atoms with Gasteiger partial charge in [-0.25, -0.2) is 31.0 Å². The summed E-state index contributed by atoms with van der Waals surface area (Å²) in [6.07, 6.45) is 18.7. The second kappa shape index (κ2) is 20.7. The number of unbranched alkanes of at least 4 members (excludes halogenated alkanes) is 8. The normalized spacial score (nSPS) is 12.0. The van der Waals surface area contributed by atoms with Crippen molar-refractivity contribution in [1.29, 1.82) is 0 Å². The third kappa shape index (κ3) is 17.0. The number of anilines is 1. The zero-order valence-corrected chi connectivity index (χ0v) is 27.7. The molecule has 0 unspecified atom stereocenters. The van der Waals surface area contributed by atoms with Crippen molar-refractivity contribution in [2.24, 2.45) is 4.99 Å². The number of aromatic nitrogens is 1. The molecule has 0 spiro atoms. The van der Waals surface area contributed by atoms with Gasteiger partial charge in [0.05, 0.1) is 12.3 Å². The van der Waals surface area contributed by atoms with Gasteiger partial charge in [0.25, 0.3) is 0 Å². The number of hydrogen-bond acceptors (Lipinski definition) is 8. The van der Waals surface area contributed by atoms with E-state index in [9.17, 15) is 52.8 Å². The highest BCUT2D eigenvalue weighted by molar-refractivity contribution is 8.13. The molecule has 0 radical (unpaired) electrons. The van der Waals surface area contributed by atoms with Gasteiger partial charge < -0.3 is 8.86 Å². The number of nitrogens with zero attached hydrogens (tertiary/aromatic N) is 3. The summed E-state index contributed by atoms with van der Waals surface area (Å²) in [4.78, 5) is 25.5. The average molecular weight is 733 g/mol. The molecule has 0 aliphatic carbocycles. The van der Waals surface area contributed by atoms with Gasteiger partial charge in [0.15, 0.2) is 32.4 Å². The highest BCUT2D eigenvalue weighted by Crippen LogP contribution is 2.36. The van der Waals surface area contributed by atoms with E-state index >= 15 is 0 Å². The van der Waals surface area contributed by atoms with E-state index in [2.05, 4.69) is 46.3 Å². The number of carbonyl (C=O) groups excluding carboxylic acids is 2. The number of alkyl halides is 6. The minimum absolute atomic E-state index is 0.402. The summed E-state index contributed by atoms with van der Waals surface area (Å²) in [7, 11) is -13.4. The Bertz CT molecular complexity index is 1470. The zero-order valence-electron chi connectivity index (χ0n) is 26.1. The molecule has 0 bridgehead atoms. The van der Waals surface area contributed by atoms with Crippen molar-refractivity contribution in [3.63, 3.8) is 0 Å². The molecule has 0 aliphatic rings. The topological polar surface area (TPSA) is 154 Å². The smallest absolute Gasteiger partial charge is 0.449 e. The Morgan fingerprint density at radius 3 is 1.88 bits per heavy atom. The predicted octanol–water partition coefficient (Wildman–Crippen LogP) is 7.71. The molecule has 1 aromatic heterocycles. The van der Waals surface area contributed by atoms with Crippen LogP contribution in [0.25, 0.3) is 4.13 Å². The minimum Gasteiger partial charge on any atom is -0.449 e. The van der Waals surface area contributed by atoms with Crippen molar-refractivity contribution in [2.45, 2.75) is 95.1 Å². The molecule has 1 N–H and O–H groups in total. The Labute approximate surface area is 275 Å². The van der Waals surface area contributed by atoms with Crippen molar-refractivity contribution in [1.82, 2.24) is 0 Å². The van der Waals surface area contributed by atoms with E-state index in [-0.39, 0.29) is 0 Å². The van der Waals surface area contributed by atoms with Crippen molar-refractivity contribution in [3.8, 4) is 0 Å². The molecule has 1 amide bonds. The monoisotopic (exact) mass is 732 g/mol. The largest absolute Gasteiger partial charge is 0.480 e. The van der Waals surface area contributed by atoms with Crippen molar-refractivity contribution < 1.29 is 62.1 Å². The Morgan fingerprint density at radius 2 is 1.33 bits per heavy atom. The van der Waals surface area contributed by atoms with Gasteiger partial charge in [0.2, 0.25) is 6.08 Å². The second-order valence-electron chi connectivity index (χ2n) is 10.3. The van der Waals surface area contributed by atoms with Crippen molar-refractivity contribution in [2.75, 3.05) is 11.9 Å². The molecule has 0 aliphatic heterocycles. The SMILES string of the molecule is CCCCCCCCc1cc[n+](CCCCCCOC(=O)Nc2ccc(N=C=O)cc2)cc1.O=S(=O)([N-]S(=O)(=O)C(F)(F)F)C(F)(F)F. The van der Waals surface area contributed by atoms with Gasteiger partial charge in [-0.05, 0) is 61.9 Å². The van der Waals surface area contributed by atoms with Crippen molar-refractivity contribution >= 4 is 43.6 Å². The lowest BCUT2D eigenvalue weighted by Gasteiger charge is -2.22. The number of isocyanates is 1. The molecule has 270 valence electrons. The Kier molecular flexibility index (Phi) is 18.4. The summed E-state index contributed by atoms with van der Waals surface area (Å²) >= 11 is 0. The van der Waals surface area contributed by atoms with E-state index in [0.717, 1.165) is 36.4 Å². The summed E-state index contributed by atoms with van der Waals surface area (Å²) in [5.74, 6) is 0. The molecular weight excluding hydrogens is 694 g/mol. The molecule has 19 heteroatoms. The van der Waals surface area contributed by atoms with Crippen LogP contribution in [0.2, 0.25) is 0 Å². The number of amides is 1. The van der Waals surface area contributed by atoms with Crippen molar-refractivity contribution in [3.05, 3.63) is 58.5 Å². The molecule has 2 aromatic rings. The summed E-state index contributed by atoms with van der Waals surface area (Å²) in [5, 5.41) is 2.66. The minimum atomic E-state index is -6.72. The maximum absolute atomic E-state index is 11.8. The van der Waals surface area contributed by atoms with Gasteiger partial charge >= 0.3 is 17.1 Å². The lowest BCUT2D eigenvalue weighted by Crippen LogP contribution is -2.32. The van der Waals surface area contributed by atoms with Crippen LogP contribution in [0.1, 0.15) is 76.7 Å². The third-order valence-electron chi connectivity index (χ3n) is 6.39. The first-order valence-electron chi connectivity index (χ1n) is 14.9. The zero-order chi connectivity index (χ0) is 36.3. The molecule has 0 fully saturated rings. The first-order valence-corrected chi connectivity index (χ1v) is 17.8. The average Bonchev–Trinajstić information content (AvgIpc) is 2.99. The van der Waals surface area contributed by atoms with Crippen LogP contribution in [-0.4, -0.2) is 46.6 Å². The molecule has 11 nitrogen and oxygen atoms in total. The van der Waals surface area contributed by atoms with E-state index in [1.54, 1.807) is 24.3 Å². The number of hydrogen-bond donors (Lipinski definition) is 1. The molecule has 0 saturated carbocycles. The molecule has 48 heavy (non-hydrogen) atoms. The summed E-state index contributed by atoms with van der Waals surface area (Å²) < 4.78 is 117. The van der Waals surface area contributed by atoms with Gasteiger partial charge in [0, 0.05) is 24.2 Å². The van der Waals surface area contributed by atoms with Crippen LogP contribution in [0.5, 0.6) is 0 Å². The fraction of sp³-hybridized carbons (Fsp3) is 0.552.